The molecule has 0 radical (unpaired) electrons. The zero-order chi connectivity index (χ0) is 14.8. The second kappa shape index (κ2) is 5.53. The second-order valence-corrected chi connectivity index (χ2v) is 5.12. The summed E-state index contributed by atoms with van der Waals surface area (Å²) >= 11 is 1.49. The number of benzene rings is 1. The summed E-state index contributed by atoms with van der Waals surface area (Å²) in [4.78, 5) is 29.1. The van der Waals surface area contributed by atoms with E-state index in [4.69, 9.17) is 4.74 Å². The van der Waals surface area contributed by atoms with Crippen molar-refractivity contribution in [3.63, 3.8) is 0 Å². The molecule has 21 heavy (non-hydrogen) atoms. The molecule has 0 saturated carbocycles. The fraction of sp³-hybridized carbons (Fsp3) is 0.214. The van der Waals surface area contributed by atoms with Gasteiger partial charge >= 0.3 is 5.97 Å². The molecule has 0 unspecified atom stereocenters. The van der Waals surface area contributed by atoms with Crippen LogP contribution in [0.2, 0.25) is 0 Å². The standard InChI is InChI=1S/C14H12N2O4S/c1-19-14(18)5-16-11-4-9(10-7-21-8-15-10)2-3-12(11)20-6-13(16)17/h2-4,7-8H,5-6H2,1H3. The third-order valence-electron chi connectivity index (χ3n) is 3.14. The van der Waals surface area contributed by atoms with Gasteiger partial charge in [0.05, 0.1) is 24.0 Å². The van der Waals surface area contributed by atoms with Gasteiger partial charge < -0.3 is 9.47 Å². The molecule has 2 heterocycles. The van der Waals surface area contributed by atoms with Crippen LogP contribution in [0.15, 0.2) is 29.1 Å². The largest absolute Gasteiger partial charge is 0.482 e. The van der Waals surface area contributed by atoms with E-state index in [1.54, 1.807) is 17.6 Å². The molecule has 0 aliphatic carbocycles. The molecule has 2 aromatic rings. The molecule has 0 N–H and O–H groups in total. The number of carbonyl (C=O) groups excluding carboxylic acids is 2. The molecule has 0 atom stereocenters. The third kappa shape index (κ3) is 2.59. The highest BCUT2D eigenvalue weighted by Gasteiger charge is 2.28. The number of esters is 1. The lowest BCUT2D eigenvalue weighted by Crippen LogP contribution is -2.42. The lowest BCUT2D eigenvalue weighted by atomic mass is 10.1. The van der Waals surface area contributed by atoms with Crippen LogP contribution in [0.3, 0.4) is 0 Å². The van der Waals surface area contributed by atoms with Crippen molar-refractivity contribution in [3.8, 4) is 17.0 Å². The molecule has 0 bridgehead atoms. The average Bonchev–Trinajstić information content (AvgIpc) is 3.04. The fourth-order valence-corrected chi connectivity index (χ4v) is 2.64. The van der Waals surface area contributed by atoms with E-state index in [0.717, 1.165) is 11.3 Å². The molecule has 0 spiro atoms. The number of hydrogen-bond acceptors (Lipinski definition) is 6. The van der Waals surface area contributed by atoms with Gasteiger partial charge in [0.1, 0.15) is 12.3 Å². The van der Waals surface area contributed by atoms with E-state index in [-0.39, 0.29) is 19.1 Å². The molecular formula is C14H12N2O4S. The van der Waals surface area contributed by atoms with Crippen LogP contribution < -0.4 is 9.64 Å². The molecule has 1 aliphatic heterocycles. The quantitative estimate of drug-likeness (QED) is 0.807. The van der Waals surface area contributed by atoms with Gasteiger partial charge in [-0.1, -0.05) is 0 Å². The van der Waals surface area contributed by atoms with Crippen molar-refractivity contribution >= 4 is 28.9 Å². The molecule has 6 nitrogen and oxygen atoms in total. The van der Waals surface area contributed by atoms with E-state index in [1.165, 1.54) is 23.3 Å². The Balaban J connectivity index is 2.00. The Bertz CT molecular complexity index is 684. The summed E-state index contributed by atoms with van der Waals surface area (Å²) in [6, 6.07) is 5.45. The van der Waals surface area contributed by atoms with Gasteiger partial charge in [-0.15, -0.1) is 11.3 Å². The predicted molar refractivity (Wildman–Crippen MR) is 77.4 cm³/mol. The lowest BCUT2D eigenvalue weighted by molar-refractivity contribution is -0.140. The van der Waals surface area contributed by atoms with Gasteiger partial charge in [0.25, 0.3) is 5.91 Å². The summed E-state index contributed by atoms with van der Waals surface area (Å²) in [6.07, 6.45) is 0. The number of nitrogens with zero attached hydrogens (tertiary/aromatic N) is 2. The van der Waals surface area contributed by atoms with Crippen molar-refractivity contribution in [2.75, 3.05) is 25.2 Å². The highest BCUT2D eigenvalue weighted by molar-refractivity contribution is 7.07. The summed E-state index contributed by atoms with van der Waals surface area (Å²) in [5.74, 6) is -0.184. The summed E-state index contributed by atoms with van der Waals surface area (Å²) < 4.78 is 10.0. The minimum atomic E-state index is -0.477. The molecular weight excluding hydrogens is 292 g/mol. The molecule has 1 amide bonds. The van der Waals surface area contributed by atoms with Crippen molar-refractivity contribution in [2.45, 2.75) is 0 Å². The Hall–Kier alpha value is -2.41. The van der Waals surface area contributed by atoms with Crippen molar-refractivity contribution in [2.24, 2.45) is 0 Å². The first-order chi connectivity index (χ1) is 10.2. The summed E-state index contributed by atoms with van der Waals surface area (Å²) in [5, 5.41) is 1.91. The number of ether oxygens (including phenoxy) is 2. The lowest BCUT2D eigenvalue weighted by Gasteiger charge is -2.28. The summed E-state index contributed by atoms with van der Waals surface area (Å²) in [5.41, 5.74) is 3.98. The monoisotopic (exact) mass is 304 g/mol. The van der Waals surface area contributed by atoms with E-state index in [1.807, 2.05) is 11.4 Å². The van der Waals surface area contributed by atoms with Crippen molar-refractivity contribution in [1.29, 1.82) is 0 Å². The molecule has 3 rings (SSSR count). The van der Waals surface area contributed by atoms with Crippen molar-refractivity contribution in [3.05, 3.63) is 29.1 Å². The van der Waals surface area contributed by atoms with Crippen molar-refractivity contribution < 1.29 is 19.1 Å². The summed E-state index contributed by atoms with van der Waals surface area (Å²) in [6.45, 7) is -0.216. The fourth-order valence-electron chi connectivity index (χ4n) is 2.08. The molecule has 0 fully saturated rings. The van der Waals surface area contributed by atoms with Crippen LogP contribution in [0.25, 0.3) is 11.3 Å². The van der Waals surface area contributed by atoms with E-state index >= 15 is 0 Å². The van der Waals surface area contributed by atoms with Crippen LogP contribution >= 0.6 is 11.3 Å². The minimum absolute atomic E-state index is 0.0833. The number of hydrogen-bond donors (Lipinski definition) is 0. The van der Waals surface area contributed by atoms with E-state index in [2.05, 4.69) is 9.72 Å². The molecule has 1 aromatic heterocycles. The zero-order valence-corrected chi connectivity index (χ0v) is 12.1. The van der Waals surface area contributed by atoms with E-state index < -0.39 is 5.97 Å². The normalized spacial score (nSPS) is 13.6. The van der Waals surface area contributed by atoms with Crippen LogP contribution in [0.4, 0.5) is 5.69 Å². The Kier molecular flexibility index (Phi) is 3.57. The third-order valence-corrected chi connectivity index (χ3v) is 3.73. The van der Waals surface area contributed by atoms with Gasteiger partial charge in [-0.2, -0.15) is 0 Å². The zero-order valence-electron chi connectivity index (χ0n) is 11.2. The predicted octanol–water partition coefficient (Wildman–Crippen LogP) is 1.71. The highest BCUT2D eigenvalue weighted by Crippen LogP contribution is 2.35. The smallest absolute Gasteiger partial charge is 0.325 e. The first-order valence-electron chi connectivity index (χ1n) is 6.21. The van der Waals surface area contributed by atoms with Crippen LogP contribution in [0, 0.1) is 0 Å². The van der Waals surface area contributed by atoms with Crippen LogP contribution in [-0.4, -0.2) is 37.1 Å². The number of thiazole rings is 1. The van der Waals surface area contributed by atoms with Gasteiger partial charge in [-0.25, -0.2) is 4.98 Å². The number of fused-ring (bicyclic) bond motifs is 1. The van der Waals surface area contributed by atoms with E-state index in [0.29, 0.717) is 11.4 Å². The van der Waals surface area contributed by atoms with Gasteiger partial charge in [-0.05, 0) is 18.2 Å². The van der Waals surface area contributed by atoms with Gasteiger partial charge in [-0.3, -0.25) is 14.5 Å². The number of amides is 1. The number of anilines is 1. The Morgan fingerprint density at radius 1 is 1.52 bits per heavy atom. The Morgan fingerprint density at radius 3 is 3.10 bits per heavy atom. The molecule has 7 heteroatoms. The SMILES string of the molecule is COC(=O)CN1C(=O)COc2ccc(-c3cscn3)cc21. The van der Waals surface area contributed by atoms with Gasteiger partial charge in [0.2, 0.25) is 0 Å². The molecule has 1 aromatic carbocycles. The van der Waals surface area contributed by atoms with E-state index in [9.17, 15) is 9.59 Å². The minimum Gasteiger partial charge on any atom is -0.482 e. The highest BCUT2D eigenvalue weighted by atomic mass is 32.1. The number of methoxy groups -OCH3 is 1. The Labute approximate surface area is 124 Å². The number of rotatable bonds is 3. The topological polar surface area (TPSA) is 68.7 Å². The number of carbonyl (C=O) groups is 2. The van der Waals surface area contributed by atoms with Gasteiger partial charge in [0.15, 0.2) is 6.61 Å². The maximum absolute atomic E-state index is 12.0. The first-order valence-corrected chi connectivity index (χ1v) is 7.16. The first kappa shape index (κ1) is 13.6. The molecule has 0 saturated heterocycles. The van der Waals surface area contributed by atoms with Crippen LogP contribution in [-0.2, 0) is 14.3 Å². The van der Waals surface area contributed by atoms with Gasteiger partial charge in [0, 0.05) is 10.9 Å². The molecule has 108 valence electrons. The van der Waals surface area contributed by atoms with Crippen LogP contribution in [0.1, 0.15) is 0 Å². The summed E-state index contributed by atoms with van der Waals surface area (Å²) in [7, 11) is 1.29. The average molecular weight is 304 g/mol. The maximum Gasteiger partial charge on any atom is 0.325 e. The van der Waals surface area contributed by atoms with Crippen molar-refractivity contribution in [1.82, 2.24) is 4.98 Å². The molecule has 1 aliphatic rings. The maximum atomic E-state index is 12.0. The Morgan fingerprint density at radius 2 is 2.38 bits per heavy atom. The number of aromatic nitrogens is 1. The second-order valence-electron chi connectivity index (χ2n) is 4.40. The van der Waals surface area contributed by atoms with Crippen LogP contribution in [0.5, 0.6) is 5.75 Å².